The minimum atomic E-state index is -3.15. The minimum absolute atomic E-state index is 0.164. The predicted molar refractivity (Wildman–Crippen MR) is 78.1 cm³/mol. The standard InChI is InChI=1S/C14H26N2O3S/c17-20(18,14-6-9-19-10-7-14)16-8-2-1-3-13(16)11-15-12-4-5-12/h12-15H,1-11H2. The molecule has 2 heterocycles. The van der Waals surface area contributed by atoms with E-state index < -0.39 is 10.0 Å². The van der Waals surface area contributed by atoms with Gasteiger partial charge in [-0.1, -0.05) is 6.42 Å². The van der Waals surface area contributed by atoms with Gasteiger partial charge in [-0.25, -0.2) is 8.42 Å². The third-order valence-corrected chi connectivity index (χ3v) is 7.16. The van der Waals surface area contributed by atoms with Crippen molar-refractivity contribution >= 4 is 10.0 Å². The molecule has 0 spiro atoms. The van der Waals surface area contributed by atoms with Crippen molar-refractivity contribution in [1.82, 2.24) is 9.62 Å². The molecule has 2 saturated heterocycles. The van der Waals surface area contributed by atoms with Gasteiger partial charge < -0.3 is 10.1 Å². The van der Waals surface area contributed by atoms with E-state index in [1.54, 1.807) is 0 Å². The molecular formula is C14H26N2O3S. The van der Waals surface area contributed by atoms with Gasteiger partial charge in [0.2, 0.25) is 10.0 Å². The highest BCUT2D eigenvalue weighted by Crippen LogP contribution is 2.27. The topological polar surface area (TPSA) is 58.6 Å². The first-order valence-corrected chi connectivity index (χ1v) is 9.50. The summed E-state index contributed by atoms with van der Waals surface area (Å²) in [5.41, 5.74) is 0. The first-order chi connectivity index (χ1) is 9.68. The molecule has 3 fully saturated rings. The van der Waals surface area contributed by atoms with E-state index in [4.69, 9.17) is 4.74 Å². The zero-order valence-electron chi connectivity index (χ0n) is 12.1. The number of nitrogens with one attached hydrogen (secondary N) is 1. The van der Waals surface area contributed by atoms with Gasteiger partial charge in [-0.05, 0) is 38.5 Å². The molecule has 5 nitrogen and oxygen atoms in total. The Hall–Kier alpha value is -0.170. The van der Waals surface area contributed by atoms with Crippen molar-refractivity contribution in [3.05, 3.63) is 0 Å². The fraction of sp³-hybridized carbons (Fsp3) is 1.00. The SMILES string of the molecule is O=S(=O)(C1CCOCC1)N1CCCCC1CNC1CC1. The van der Waals surface area contributed by atoms with Crippen LogP contribution in [0.2, 0.25) is 0 Å². The molecule has 1 atom stereocenters. The minimum Gasteiger partial charge on any atom is -0.381 e. The molecule has 0 radical (unpaired) electrons. The Morgan fingerprint density at radius 2 is 1.80 bits per heavy atom. The van der Waals surface area contributed by atoms with Crippen molar-refractivity contribution in [2.24, 2.45) is 0 Å². The Balaban J connectivity index is 1.66. The molecule has 1 unspecified atom stereocenters. The van der Waals surface area contributed by atoms with Crippen molar-refractivity contribution < 1.29 is 13.2 Å². The molecule has 0 aromatic carbocycles. The third-order valence-electron chi connectivity index (χ3n) is 4.71. The summed E-state index contributed by atoms with van der Waals surface area (Å²) < 4.78 is 32.8. The van der Waals surface area contributed by atoms with Gasteiger partial charge in [-0.2, -0.15) is 4.31 Å². The largest absolute Gasteiger partial charge is 0.381 e. The summed E-state index contributed by atoms with van der Waals surface area (Å²) in [5, 5.41) is 3.28. The lowest BCUT2D eigenvalue weighted by molar-refractivity contribution is 0.0962. The number of rotatable bonds is 5. The monoisotopic (exact) mass is 302 g/mol. The van der Waals surface area contributed by atoms with Crippen LogP contribution in [-0.2, 0) is 14.8 Å². The smallest absolute Gasteiger partial charge is 0.217 e. The summed E-state index contributed by atoms with van der Waals surface area (Å²) in [5.74, 6) is 0. The van der Waals surface area contributed by atoms with Gasteiger partial charge in [0.15, 0.2) is 0 Å². The Labute approximate surface area is 122 Å². The van der Waals surface area contributed by atoms with E-state index in [-0.39, 0.29) is 11.3 Å². The van der Waals surface area contributed by atoms with E-state index in [1.807, 2.05) is 4.31 Å². The maximum Gasteiger partial charge on any atom is 0.217 e. The molecule has 3 rings (SSSR count). The van der Waals surface area contributed by atoms with E-state index in [0.29, 0.717) is 38.6 Å². The van der Waals surface area contributed by atoms with Gasteiger partial charge >= 0.3 is 0 Å². The lowest BCUT2D eigenvalue weighted by Crippen LogP contribution is -2.52. The summed E-state index contributed by atoms with van der Waals surface area (Å²) >= 11 is 0. The van der Waals surface area contributed by atoms with Crippen LogP contribution in [0.4, 0.5) is 0 Å². The van der Waals surface area contributed by atoms with Crippen molar-refractivity contribution in [2.75, 3.05) is 26.3 Å². The average molecular weight is 302 g/mol. The lowest BCUT2D eigenvalue weighted by atomic mass is 10.1. The molecule has 0 amide bonds. The zero-order chi connectivity index (χ0) is 14.0. The highest BCUT2D eigenvalue weighted by Gasteiger charge is 2.38. The summed E-state index contributed by atoms with van der Waals surface area (Å²) in [7, 11) is -3.15. The molecule has 0 aromatic heterocycles. The Kier molecular flexibility index (Phi) is 4.65. The molecule has 1 aliphatic carbocycles. The van der Waals surface area contributed by atoms with Crippen molar-refractivity contribution in [2.45, 2.75) is 62.3 Å². The molecule has 1 N–H and O–H groups in total. The fourth-order valence-corrected chi connectivity index (χ4v) is 5.42. The second-order valence-corrected chi connectivity index (χ2v) is 8.47. The van der Waals surface area contributed by atoms with Crippen LogP contribution < -0.4 is 5.32 Å². The average Bonchev–Trinajstić information content (AvgIpc) is 3.30. The molecule has 1 saturated carbocycles. The van der Waals surface area contributed by atoms with Crippen LogP contribution in [0.1, 0.15) is 44.9 Å². The number of hydrogen-bond acceptors (Lipinski definition) is 4. The number of hydrogen-bond donors (Lipinski definition) is 1. The van der Waals surface area contributed by atoms with Crippen LogP contribution in [0.5, 0.6) is 0 Å². The Bertz CT molecular complexity index is 416. The van der Waals surface area contributed by atoms with E-state index in [2.05, 4.69) is 5.32 Å². The summed E-state index contributed by atoms with van der Waals surface area (Å²) in [6.45, 7) is 2.70. The van der Waals surface area contributed by atoms with Gasteiger partial charge in [0.1, 0.15) is 0 Å². The van der Waals surface area contributed by atoms with Crippen LogP contribution in [0.15, 0.2) is 0 Å². The number of sulfonamides is 1. The van der Waals surface area contributed by atoms with Crippen LogP contribution in [0.3, 0.4) is 0 Å². The van der Waals surface area contributed by atoms with Gasteiger partial charge in [-0.15, -0.1) is 0 Å². The third kappa shape index (κ3) is 3.35. The molecule has 0 bridgehead atoms. The molecule has 20 heavy (non-hydrogen) atoms. The lowest BCUT2D eigenvalue weighted by Gasteiger charge is -2.38. The van der Waals surface area contributed by atoms with Gasteiger partial charge in [-0.3, -0.25) is 0 Å². The van der Waals surface area contributed by atoms with Crippen molar-refractivity contribution in [1.29, 1.82) is 0 Å². The molecule has 2 aliphatic heterocycles. The first-order valence-electron chi connectivity index (χ1n) is 8.00. The quantitative estimate of drug-likeness (QED) is 0.826. The first kappa shape index (κ1) is 14.8. The van der Waals surface area contributed by atoms with Crippen LogP contribution >= 0.6 is 0 Å². The van der Waals surface area contributed by atoms with E-state index >= 15 is 0 Å². The molecule has 6 heteroatoms. The number of piperidine rings is 1. The highest BCUT2D eigenvalue weighted by atomic mass is 32.2. The summed E-state index contributed by atoms with van der Waals surface area (Å²) in [6.07, 6.45) is 6.96. The number of ether oxygens (including phenoxy) is 1. The van der Waals surface area contributed by atoms with E-state index in [9.17, 15) is 8.42 Å². The Morgan fingerprint density at radius 3 is 2.50 bits per heavy atom. The summed E-state index contributed by atoms with van der Waals surface area (Å²) in [4.78, 5) is 0. The van der Waals surface area contributed by atoms with Gasteiger partial charge in [0.25, 0.3) is 0 Å². The summed E-state index contributed by atoms with van der Waals surface area (Å²) in [6, 6.07) is 0.807. The van der Waals surface area contributed by atoms with Crippen LogP contribution in [0.25, 0.3) is 0 Å². The molecule has 0 aromatic rings. The zero-order valence-corrected chi connectivity index (χ0v) is 12.9. The predicted octanol–water partition coefficient (Wildman–Crippen LogP) is 1.10. The van der Waals surface area contributed by atoms with E-state index in [0.717, 1.165) is 25.8 Å². The second-order valence-electron chi connectivity index (χ2n) is 6.30. The normalized spacial score (nSPS) is 30.5. The van der Waals surface area contributed by atoms with Crippen LogP contribution in [0, 0.1) is 0 Å². The second kappa shape index (κ2) is 6.30. The molecular weight excluding hydrogens is 276 g/mol. The highest BCUT2D eigenvalue weighted by molar-refractivity contribution is 7.89. The van der Waals surface area contributed by atoms with Crippen molar-refractivity contribution in [3.8, 4) is 0 Å². The molecule has 116 valence electrons. The van der Waals surface area contributed by atoms with Gasteiger partial charge in [0, 0.05) is 38.4 Å². The van der Waals surface area contributed by atoms with Crippen molar-refractivity contribution in [3.63, 3.8) is 0 Å². The maximum atomic E-state index is 12.9. The molecule has 3 aliphatic rings. The Morgan fingerprint density at radius 1 is 1.05 bits per heavy atom. The van der Waals surface area contributed by atoms with Crippen LogP contribution in [-0.4, -0.2) is 56.4 Å². The van der Waals surface area contributed by atoms with E-state index in [1.165, 1.54) is 12.8 Å². The maximum absolute atomic E-state index is 12.9. The number of nitrogens with zero attached hydrogens (tertiary/aromatic N) is 1. The van der Waals surface area contributed by atoms with Gasteiger partial charge in [0.05, 0.1) is 5.25 Å². The fourth-order valence-electron chi connectivity index (χ4n) is 3.27.